The number of hydrogen-bond donors (Lipinski definition) is 1. The minimum Gasteiger partial charge on any atom is -0.337 e. The molecule has 0 aromatic rings. The Morgan fingerprint density at radius 1 is 1.22 bits per heavy atom. The lowest BCUT2D eigenvalue weighted by Gasteiger charge is -2.35. The van der Waals surface area contributed by atoms with Crippen LogP contribution < -0.4 is 5.32 Å². The molecule has 0 radical (unpaired) electrons. The number of rotatable bonds is 4. The van der Waals surface area contributed by atoms with Crippen LogP contribution >= 0.6 is 0 Å². The number of hydrogen-bond acceptors (Lipinski definition) is 2. The third kappa shape index (κ3) is 2.63. The van der Waals surface area contributed by atoms with Crippen molar-refractivity contribution in [2.24, 2.45) is 5.41 Å². The van der Waals surface area contributed by atoms with Gasteiger partial charge < -0.3 is 10.2 Å². The van der Waals surface area contributed by atoms with Gasteiger partial charge >= 0.3 is 6.03 Å². The van der Waals surface area contributed by atoms with Crippen LogP contribution in [0.25, 0.3) is 0 Å². The van der Waals surface area contributed by atoms with Crippen molar-refractivity contribution in [1.29, 1.82) is 0 Å². The molecule has 1 aliphatic heterocycles. The highest BCUT2D eigenvalue weighted by molar-refractivity contribution is 5.74. The van der Waals surface area contributed by atoms with Crippen LogP contribution in [0.4, 0.5) is 4.79 Å². The first-order valence-corrected chi connectivity index (χ1v) is 7.49. The number of nitrogens with zero attached hydrogens (tertiary/aromatic N) is 2. The highest BCUT2D eigenvalue weighted by Crippen LogP contribution is 2.47. The first-order chi connectivity index (χ1) is 8.72. The highest BCUT2D eigenvalue weighted by Gasteiger charge is 2.41. The summed E-state index contributed by atoms with van der Waals surface area (Å²) in [7, 11) is 0. The Morgan fingerprint density at radius 3 is 2.39 bits per heavy atom. The average Bonchev–Trinajstić information content (AvgIpc) is 3.30. The zero-order valence-electron chi connectivity index (χ0n) is 11.5. The van der Waals surface area contributed by atoms with Gasteiger partial charge in [-0.3, -0.25) is 4.90 Å². The summed E-state index contributed by atoms with van der Waals surface area (Å²) in [6.07, 6.45) is 6.51. The van der Waals surface area contributed by atoms with Crippen LogP contribution in [0.3, 0.4) is 0 Å². The van der Waals surface area contributed by atoms with Gasteiger partial charge in [-0.2, -0.15) is 0 Å². The Bertz CT molecular complexity index is 315. The molecule has 0 atom stereocenters. The van der Waals surface area contributed by atoms with Gasteiger partial charge in [-0.25, -0.2) is 4.79 Å². The summed E-state index contributed by atoms with van der Waals surface area (Å²) < 4.78 is 0. The first kappa shape index (κ1) is 12.3. The van der Waals surface area contributed by atoms with E-state index in [9.17, 15) is 4.79 Å². The zero-order chi connectivity index (χ0) is 12.6. The van der Waals surface area contributed by atoms with E-state index in [1.807, 2.05) is 4.90 Å². The number of nitrogens with one attached hydrogen (secondary N) is 1. The number of piperazine rings is 1. The van der Waals surface area contributed by atoms with E-state index in [4.69, 9.17) is 0 Å². The third-order valence-electron chi connectivity index (χ3n) is 4.99. The van der Waals surface area contributed by atoms with Gasteiger partial charge in [-0.05, 0) is 37.5 Å². The van der Waals surface area contributed by atoms with Gasteiger partial charge in [0.15, 0.2) is 0 Å². The summed E-state index contributed by atoms with van der Waals surface area (Å²) in [5.74, 6) is 0. The largest absolute Gasteiger partial charge is 0.337 e. The fraction of sp³-hybridized carbons (Fsp3) is 0.929. The maximum Gasteiger partial charge on any atom is 0.317 e. The van der Waals surface area contributed by atoms with Crippen molar-refractivity contribution >= 4 is 6.03 Å². The zero-order valence-corrected chi connectivity index (χ0v) is 11.5. The SMILES string of the molecule is CCC1(CNC(=O)N2CCN(C3CC3)CC2)CC1. The first-order valence-electron chi connectivity index (χ1n) is 7.49. The molecule has 2 amide bonds. The van der Waals surface area contributed by atoms with Gasteiger partial charge in [-0.15, -0.1) is 0 Å². The van der Waals surface area contributed by atoms with Crippen molar-refractivity contribution < 1.29 is 4.79 Å². The molecule has 1 saturated heterocycles. The van der Waals surface area contributed by atoms with Crippen molar-refractivity contribution in [2.45, 2.75) is 45.1 Å². The lowest BCUT2D eigenvalue weighted by Crippen LogP contribution is -2.52. The summed E-state index contributed by atoms with van der Waals surface area (Å²) in [6, 6.07) is 0.996. The summed E-state index contributed by atoms with van der Waals surface area (Å²) >= 11 is 0. The fourth-order valence-electron chi connectivity index (χ4n) is 2.94. The van der Waals surface area contributed by atoms with Gasteiger partial charge in [0, 0.05) is 38.8 Å². The summed E-state index contributed by atoms with van der Waals surface area (Å²) in [6.45, 7) is 7.05. The molecule has 18 heavy (non-hydrogen) atoms. The summed E-state index contributed by atoms with van der Waals surface area (Å²) in [5, 5.41) is 3.13. The molecule has 2 aliphatic carbocycles. The predicted octanol–water partition coefficient (Wildman–Crippen LogP) is 1.67. The van der Waals surface area contributed by atoms with Crippen LogP contribution in [-0.4, -0.2) is 54.6 Å². The van der Waals surface area contributed by atoms with E-state index in [0.29, 0.717) is 5.41 Å². The maximum atomic E-state index is 12.1. The quantitative estimate of drug-likeness (QED) is 0.825. The molecular weight excluding hydrogens is 226 g/mol. The van der Waals surface area contributed by atoms with E-state index in [1.165, 1.54) is 32.1 Å². The topological polar surface area (TPSA) is 35.6 Å². The van der Waals surface area contributed by atoms with E-state index >= 15 is 0 Å². The van der Waals surface area contributed by atoms with Gasteiger partial charge in [0.1, 0.15) is 0 Å². The normalized spacial score (nSPS) is 27.1. The van der Waals surface area contributed by atoms with Crippen molar-refractivity contribution in [2.75, 3.05) is 32.7 Å². The van der Waals surface area contributed by atoms with Crippen LogP contribution in [0.15, 0.2) is 0 Å². The number of urea groups is 1. The lowest BCUT2D eigenvalue weighted by molar-refractivity contribution is 0.133. The third-order valence-corrected chi connectivity index (χ3v) is 4.99. The van der Waals surface area contributed by atoms with Crippen LogP contribution in [-0.2, 0) is 0 Å². The minimum atomic E-state index is 0.158. The van der Waals surface area contributed by atoms with Crippen molar-refractivity contribution in [3.63, 3.8) is 0 Å². The van der Waals surface area contributed by atoms with Crippen LogP contribution in [0, 0.1) is 5.41 Å². The molecule has 0 aromatic carbocycles. The van der Waals surface area contributed by atoms with E-state index in [1.54, 1.807) is 0 Å². The fourth-order valence-corrected chi connectivity index (χ4v) is 2.94. The molecule has 0 aromatic heterocycles. The predicted molar refractivity (Wildman–Crippen MR) is 71.5 cm³/mol. The second-order valence-corrected chi connectivity index (χ2v) is 6.27. The molecule has 2 saturated carbocycles. The van der Waals surface area contributed by atoms with Crippen LogP contribution in [0.2, 0.25) is 0 Å². The molecule has 4 nitrogen and oxygen atoms in total. The Kier molecular flexibility index (Phi) is 3.22. The molecule has 1 heterocycles. The van der Waals surface area contributed by atoms with Crippen LogP contribution in [0.1, 0.15) is 39.0 Å². The van der Waals surface area contributed by atoms with E-state index in [0.717, 1.165) is 38.8 Å². The number of carbonyl (C=O) groups is 1. The Hall–Kier alpha value is -0.770. The lowest BCUT2D eigenvalue weighted by atomic mass is 10.0. The second-order valence-electron chi connectivity index (χ2n) is 6.27. The number of amides is 2. The second kappa shape index (κ2) is 4.72. The van der Waals surface area contributed by atoms with Crippen molar-refractivity contribution in [3.8, 4) is 0 Å². The molecule has 0 unspecified atom stereocenters. The Labute approximate surface area is 110 Å². The Morgan fingerprint density at radius 2 is 1.89 bits per heavy atom. The highest BCUT2D eigenvalue weighted by atomic mass is 16.2. The minimum absolute atomic E-state index is 0.158. The molecule has 3 fully saturated rings. The molecule has 4 heteroatoms. The molecule has 3 aliphatic rings. The van der Waals surface area contributed by atoms with Gasteiger partial charge in [-0.1, -0.05) is 6.92 Å². The standard InChI is InChI=1S/C14H25N3O/c1-2-14(5-6-14)11-15-13(18)17-9-7-16(8-10-17)12-3-4-12/h12H,2-11H2,1H3,(H,15,18). The smallest absolute Gasteiger partial charge is 0.317 e. The van der Waals surface area contributed by atoms with E-state index < -0.39 is 0 Å². The molecule has 1 N–H and O–H groups in total. The van der Waals surface area contributed by atoms with E-state index in [2.05, 4.69) is 17.1 Å². The summed E-state index contributed by atoms with van der Waals surface area (Å²) in [5.41, 5.74) is 0.450. The van der Waals surface area contributed by atoms with Gasteiger partial charge in [0.2, 0.25) is 0 Å². The maximum absolute atomic E-state index is 12.1. The van der Waals surface area contributed by atoms with Crippen molar-refractivity contribution in [1.82, 2.24) is 15.1 Å². The Balaban J connectivity index is 1.40. The molecule has 0 spiro atoms. The van der Waals surface area contributed by atoms with Crippen molar-refractivity contribution in [3.05, 3.63) is 0 Å². The average molecular weight is 251 g/mol. The van der Waals surface area contributed by atoms with Crippen LogP contribution in [0.5, 0.6) is 0 Å². The van der Waals surface area contributed by atoms with Gasteiger partial charge in [0.05, 0.1) is 0 Å². The molecular formula is C14H25N3O. The van der Waals surface area contributed by atoms with E-state index in [-0.39, 0.29) is 6.03 Å². The molecule has 3 rings (SSSR count). The molecule has 102 valence electrons. The summed E-state index contributed by atoms with van der Waals surface area (Å²) in [4.78, 5) is 16.6. The molecule has 0 bridgehead atoms. The monoisotopic (exact) mass is 251 g/mol. The van der Waals surface area contributed by atoms with Gasteiger partial charge in [0.25, 0.3) is 0 Å². The number of carbonyl (C=O) groups excluding carboxylic acids is 1.